The van der Waals surface area contributed by atoms with Gasteiger partial charge in [0.05, 0.1) is 0 Å². The summed E-state index contributed by atoms with van der Waals surface area (Å²) in [7, 11) is 0. The second-order valence-electron chi connectivity index (χ2n) is 3.49. The summed E-state index contributed by atoms with van der Waals surface area (Å²) in [5.41, 5.74) is 0. The first-order valence-electron chi connectivity index (χ1n) is 4.88. The lowest BCUT2D eigenvalue weighted by Gasteiger charge is -2.19. The Morgan fingerprint density at radius 2 is 2.36 bits per heavy atom. The lowest BCUT2D eigenvalue weighted by atomic mass is 10.0. The molecule has 1 N–H and O–H groups in total. The highest BCUT2D eigenvalue weighted by atomic mass is 79.9. The average molecular weight is 253 g/mol. The number of rotatable bonds is 2. The number of allylic oxidation sites excluding steroid dienone is 1. The maximum Gasteiger partial charge on any atom is 0.127 e. The van der Waals surface area contributed by atoms with Crippen molar-refractivity contribution in [3.63, 3.8) is 0 Å². The minimum Gasteiger partial charge on any atom is -0.367 e. The van der Waals surface area contributed by atoms with Gasteiger partial charge in [-0.2, -0.15) is 0 Å². The molecule has 1 aliphatic carbocycles. The van der Waals surface area contributed by atoms with Crippen molar-refractivity contribution in [1.29, 1.82) is 0 Å². The molecule has 0 fully saturated rings. The Labute approximate surface area is 92.6 Å². The first-order chi connectivity index (χ1) is 6.84. The van der Waals surface area contributed by atoms with E-state index in [0.717, 1.165) is 16.7 Å². The summed E-state index contributed by atoms with van der Waals surface area (Å²) >= 11 is 3.43. The smallest absolute Gasteiger partial charge is 0.127 e. The van der Waals surface area contributed by atoms with Crippen molar-refractivity contribution in [2.75, 3.05) is 5.32 Å². The Morgan fingerprint density at radius 3 is 3.07 bits per heavy atom. The third-order valence-corrected chi connectivity index (χ3v) is 2.84. The highest BCUT2D eigenvalue weighted by molar-refractivity contribution is 9.10. The summed E-state index contributed by atoms with van der Waals surface area (Å²) in [6.07, 6.45) is 9.77. The van der Waals surface area contributed by atoms with Gasteiger partial charge in [-0.25, -0.2) is 4.98 Å². The van der Waals surface area contributed by atoms with Crippen LogP contribution in [0.5, 0.6) is 0 Å². The van der Waals surface area contributed by atoms with Gasteiger partial charge in [0.2, 0.25) is 0 Å². The van der Waals surface area contributed by atoms with Crippen molar-refractivity contribution in [2.24, 2.45) is 0 Å². The van der Waals surface area contributed by atoms with Crippen LogP contribution in [0.15, 0.2) is 35.0 Å². The van der Waals surface area contributed by atoms with Crippen LogP contribution in [0.1, 0.15) is 19.3 Å². The fraction of sp³-hybridized carbons (Fsp3) is 0.364. The molecule has 0 radical (unpaired) electrons. The molecule has 0 bridgehead atoms. The van der Waals surface area contributed by atoms with E-state index in [2.05, 4.69) is 38.4 Å². The van der Waals surface area contributed by atoms with Crippen LogP contribution in [-0.2, 0) is 0 Å². The molecule has 1 aromatic heterocycles. The van der Waals surface area contributed by atoms with Gasteiger partial charge in [0.25, 0.3) is 0 Å². The molecule has 0 amide bonds. The Morgan fingerprint density at radius 1 is 1.43 bits per heavy atom. The van der Waals surface area contributed by atoms with Crippen LogP contribution in [0.4, 0.5) is 5.82 Å². The number of nitrogens with zero attached hydrogens (tertiary/aromatic N) is 1. The van der Waals surface area contributed by atoms with Gasteiger partial charge in [-0.15, -0.1) is 0 Å². The lowest BCUT2D eigenvalue weighted by Crippen LogP contribution is -2.20. The highest BCUT2D eigenvalue weighted by Gasteiger charge is 2.09. The van der Waals surface area contributed by atoms with Gasteiger partial charge in [0.1, 0.15) is 5.82 Å². The number of halogens is 1. The van der Waals surface area contributed by atoms with Crippen LogP contribution < -0.4 is 5.32 Å². The molecular formula is C11H13BrN2. The van der Waals surface area contributed by atoms with Gasteiger partial charge in [-0.05, 0) is 31.4 Å². The van der Waals surface area contributed by atoms with Gasteiger partial charge in [-0.3, -0.25) is 0 Å². The van der Waals surface area contributed by atoms with Crippen LogP contribution in [0.3, 0.4) is 0 Å². The first-order valence-corrected chi connectivity index (χ1v) is 5.67. The molecule has 1 heterocycles. The molecule has 1 atom stereocenters. The summed E-state index contributed by atoms with van der Waals surface area (Å²) in [6.45, 7) is 0. The maximum absolute atomic E-state index is 4.27. The van der Waals surface area contributed by atoms with E-state index in [4.69, 9.17) is 0 Å². The van der Waals surface area contributed by atoms with E-state index in [1.807, 2.05) is 18.3 Å². The topological polar surface area (TPSA) is 24.9 Å². The number of anilines is 1. The molecule has 0 spiro atoms. The summed E-state index contributed by atoms with van der Waals surface area (Å²) in [4.78, 5) is 4.27. The predicted octanol–water partition coefficient (Wildman–Crippen LogP) is 3.36. The van der Waals surface area contributed by atoms with E-state index < -0.39 is 0 Å². The number of hydrogen-bond donors (Lipinski definition) is 1. The lowest BCUT2D eigenvalue weighted by molar-refractivity contribution is 0.642. The molecule has 0 aromatic carbocycles. The molecule has 1 aromatic rings. The van der Waals surface area contributed by atoms with Gasteiger partial charge in [0, 0.05) is 16.7 Å². The molecule has 0 aliphatic heterocycles. The molecule has 1 unspecified atom stereocenters. The molecule has 2 rings (SSSR count). The van der Waals surface area contributed by atoms with Crippen molar-refractivity contribution in [3.05, 3.63) is 35.0 Å². The number of aromatic nitrogens is 1. The second-order valence-corrected chi connectivity index (χ2v) is 4.40. The highest BCUT2D eigenvalue weighted by Crippen LogP contribution is 2.18. The zero-order valence-corrected chi connectivity index (χ0v) is 9.50. The van der Waals surface area contributed by atoms with Crippen molar-refractivity contribution < 1.29 is 0 Å². The summed E-state index contributed by atoms with van der Waals surface area (Å²) in [6, 6.07) is 4.49. The van der Waals surface area contributed by atoms with E-state index in [9.17, 15) is 0 Å². The van der Waals surface area contributed by atoms with Gasteiger partial charge >= 0.3 is 0 Å². The van der Waals surface area contributed by atoms with Gasteiger partial charge in [-0.1, -0.05) is 28.1 Å². The molecule has 3 heteroatoms. The second kappa shape index (κ2) is 4.60. The molecule has 1 aliphatic rings. The minimum absolute atomic E-state index is 0.543. The summed E-state index contributed by atoms with van der Waals surface area (Å²) in [5.74, 6) is 0.958. The van der Waals surface area contributed by atoms with Crippen LogP contribution in [0.2, 0.25) is 0 Å². The standard InChI is InChI=1S/C11H13BrN2/c12-9-6-7-13-11(8-9)14-10-4-2-1-3-5-10/h1-2,6-8,10H,3-5H2,(H,13,14). The SMILES string of the molecule is Brc1ccnc(NC2CC=CCC2)c1. The van der Waals surface area contributed by atoms with E-state index in [0.29, 0.717) is 6.04 Å². The maximum atomic E-state index is 4.27. The Balaban J connectivity index is 1.99. The Kier molecular flexibility index (Phi) is 3.19. The van der Waals surface area contributed by atoms with Gasteiger partial charge in [0.15, 0.2) is 0 Å². The molecule has 14 heavy (non-hydrogen) atoms. The zero-order chi connectivity index (χ0) is 9.80. The van der Waals surface area contributed by atoms with Crippen LogP contribution in [-0.4, -0.2) is 11.0 Å². The molecule has 2 nitrogen and oxygen atoms in total. The van der Waals surface area contributed by atoms with Crippen LogP contribution in [0.25, 0.3) is 0 Å². The molecular weight excluding hydrogens is 240 g/mol. The van der Waals surface area contributed by atoms with Crippen molar-refractivity contribution >= 4 is 21.7 Å². The average Bonchev–Trinajstić information content (AvgIpc) is 2.19. The normalized spacial score (nSPS) is 20.8. The molecule has 0 saturated heterocycles. The summed E-state index contributed by atoms with van der Waals surface area (Å²) < 4.78 is 1.07. The quantitative estimate of drug-likeness (QED) is 0.817. The number of nitrogens with one attached hydrogen (secondary N) is 1. The summed E-state index contributed by atoms with van der Waals surface area (Å²) in [5, 5.41) is 3.43. The molecule has 74 valence electrons. The zero-order valence-electron chi connectivity index (χ0n) is 7.91. The van der Waals surface area contributed by atoms with Gasteiger partial charge < -0.3 is 5.32 Å². The fourth-order valence-electron chi connectivity index (χ4n) is 1.62. The van der Waals surface area contributed by atoms with Crippen LogP contribution >= 0.6 is 15.9 Å². The minimum atomic E-state index is 0.543. The van der Waals surface area contributed by atoms with Crippen molar-refractivity contribution in [2.45, 2.75) is 25.3 Å². The number of hydrogen-bond acceptors (Lipinski definition) is 2. The Bertz CT molecular complexity index is 336. The van der Waals surface area contributed by atoms with Crippen LogP contribution in [0, 0.1) is 0 Å². The van der Waals surface area contributed by atoms with E-state index in [1.165, 1.54) is 12.8 Å². The fourth-order valence-corrected chi connectivity index (χ4v) is 1.95. The number of pyridine rings is 1. The van der Waals surface area contributed by atoms with Crippen molar-refractivity contribution in [3.8, 4) is 0 Å². The third-order valence-electron chi connectivity index (χ3n) is 2.34. The van der Waals surface area contributed by atoms with E-state index in [1.54, 1.807) is 0 Å². The monoisotopic (exact) mass is 252 g/mol. The predicted molar refractivity (Wildman–Crippen MR) is 62.3 cm³/mol. The first kappa shape index (κ1) is 9.71. The van der Waals surface area contributed by atoms with E-state index >= 15 is 0 Å². The Hall–Kier alpha value is -0.830. The van der Waals surface area contributed by atoms with Crippen molar-refractivity contribution in [1.82, 2.24) is 4.98 Å². The largest absolute Gasteiger partial charge is 0.367 e. The molecule has 0 saturated carbocycles. The third kappa shape index (κ3) is 2.58. The van der Waals surface area contributed by atoms with E-state index in [-0.39, 0.29) is 0 Å².